The van der Waals surface area contributed by atoms with Crippen LogP contribution in [0.4, 0.5) is 11.4 Å². The first-order valence-corrected chi connectivity index (χ1v) is 7.06. The molecule has 0 aromatic heterocycles. The molecule has 0 bridgehead atoms. The van der Waals surface area contributed by atoms with Gasteiger partial charge in [-0.25, -0.2) is 0 Å². The number of hydrogen-bond donors (Lipinski definition) is 0. The number of carbonyl (C=O) groups is 2. The largest absolute Gasteiger partial charge is 0.311 e. The molecule has 2 rings (SSSR count). The van der Waals surface area contributed by atoms with Gasteiger partial charge in [-0.05, 0) is 12.1 Å². The molecule has 0 aliphatic carbocycles. The van der Waals surface area contributed by atoms with Crippen LogP contribution < -0.4 is 4.90 Å². The lowest BCUT2D eigenvalue weighted by Gasteiger charge is -2.16. The van der Waals surface area contributed by atoms with E-state index < -0.39 is 4.92 Å². The van der Waals surface area contributed by atoms with E-state index in [0.29, 0.717) is 0 Å². The van der Waals surface area contributed by atoms with E-state index in [9.17, 15) is 19.7 Å². The molecule has 6 nitrogen and oxygen atoms in total. The molecule has 1 fully saturated rings. The minimum Gasteiger partial charge on any atom is -0.305 e. The van der Waals surface area contributed by atoms with E-state index in [1.165, 1.54) is 24.0 Å². The molecule has 0 spiro atoms. The van der Waals surface area contributed by atoms with Gasteiger partial charge < -0.3 is 4.90 Å². The molecule has 0 radical (unpaired) electrons. The number of rotatable bonds is 3. The molecule has 0 saturated carbocycles. The van der Waals surface area contributed by atoms with Crippen LogP contribution in [0, 0.1) is 10.1 Å². The molecule has 1 aromatic rings. The van der Waals surface area contributed by atoms with E-state index >= 15 is 0 Å². The van der Waals surface area contributed by atoms with Crippen molar-refractivity contribution < 1.29 is 14.5 Å². The fraction of sp³-hybridized carbons (Fsp3) is 0.333. The molecule has 1 aliphatic rings. The van der Waals surface area contributed by atoms with Gasteiger partial charge in [0.2, 0.25) is 5.91 Å². The molecule has 1 unspecified atom stereocenters. The van der Waals surface area contributed by atoms with Gasteiger partial charge in [-0.1, -0.05) is 29.4 Å². The standard InChI is InChI=1S/C12H11ClN2O4S/c1-7(16)20-8-5-11(17)14(6-8)10-4-2-3-9(13)12(10)15(18)19/h2-4,8H,5-6H2,1H3. The Morgan fingerprint density at radius 3 is 2.85 bits per heavy atom. The predicted molar refractivity (Wildman–Crippen MR) is 77.1 cm³/mol. The zero-order chi connectivity index (χ0) is 14.9. The van der Waals surface area contributed by atoms with Gasteiger partial charge in [0, 0.05) is 25.1 Å². The zero-order valence-corrected chi connectivity index (χ0v) is 12.1. The summed E-state index contributed by atoms with van der Waals surface area (Å²) in [7, 11) is 0. The Hall–Kier alpha value is -1.60. The van der Waals surface area contributed by atoms with Gasteiger partial charge in [-0.15, -0.1) is 0 Å². The smallest absolute Gasteiger partial charge is 0.305 e. The lowest BCUT2D eigenvalue weighted by atomic mass is 10.2. The fourth-order valence-electron chi connectivity index (χ4n) is 2.12. The third-order valence-electron chi connectivity index (χ3n) is 2.86. The summed E-state index contributed by atoms with van der Waals surface area (Å²) >= 11 is 6.91. The zero-order valence-electron chi connectivity index (χ0n) is 10.5. The number of anilines is 1. The van der Waals surface area contributed by atoms with Crippen LogP contribution in [0.1, 0.15) is 13.3 Å². The van der Waals surface area contributed by atoms with Crippen LogP contribution in [-0.4, -0.2) is 27.7 Å². The van der Waals surface area contributed by atoms with Crippen molar-refractivity contribution >= 4 is 45.8 Å². The van der Waals surface area contributed by atoms with E-state index in [1.54, 1.807) is 6.07 Å². The molecule has 1 saturated heterocycles. The van der Waals surface area contributed by atoms with Gasteiger partial charge in [0.1, 0.15) is 10.7 Å². The second-order valence-electron chi connectivity index (χ2n) is 4.30. The van der Waals surface area contributed by atoms with E-state index in [4.69, 9.17) is 11.6 Å². The number of hydrogen-bond acceptors (Lipinski definition) is 5. The van der Waals surface area contributed by atoms with Crippen molar-refractivity contribution in [2.45, 2.75) is 18.6 Å². The highest BCUT2D eigenvalue weighted by atomic mass is 35.5. The minimum atomic E-state index is -0.601. The molecular weight excluding hydrogens is 304 g/mol. The number of carbonyl (C=O) groups excluding carboxylic acids is 2. The maximum Gasteiger partial charge on any atom is 0.311 e. The average molecular weight is 315 g/mol. The number of nitrogens with zero attached hydrogens (tertiary/aromatic N) is 2. The third kappa shape index (κ3) is 2.94. The summed E-state index contributed by atoms with van der Waals surface area (Å²) in [6.07, 6.45) is 0.188. The number of amides is 1. The topological polar surface area (TPSA) is 80.5 Å². The van der Waals surface area contributed by atoms with Crippen LogP contribution in [0.2, 0.25) is 5.02 Å². The summed E-state index contributed by atoms with van der Waals surface area (Å²) in [5.41, 5.74) is -0.102. The maximum atomic E-state index is 12.0. The SMILES string of the molecule is CC(=O)SC1CC(=O)N(c2cccc(Cl)c2[N+](=O)[O-])C1. The summed E-state index contributed by atoms with van der Waals surface area (Å²) in [6, 6.07) is 4.46. The molecule has 1 atom stereocenters. The Bertz CT molecular complexity index is 593. The van der Waals surface area contributed by atoms with E-state index in [-0.39, 0.29) is 45.6 Å². The van der Waals surface area contributed by atoms with E-state index in [0.717, 1.165) is 11.8 Å². The van der Waals surface area contributed by atoms with E-state index in [2.05, 4.69) is 0 Å². The molecule has 1 aromatic carbocycles. The fourth-order valence-corrected chi connectivity index (χ4v) is 3.28. The second kappa shape index (κ2) is 5.80. The lowest BCUT2D eigenvalue weighted by Crippen LogP contribution is -2.25. The average Bonchev–Trinajstić information content (AvgIpc) is 2.68. The van der Waals surface area contributed by atoms with E-state index in [1.807, 2.05) is 0 Å². The molecule has 1 heterocycles. The lowest BCUT2D eigenvalue weighted by molar-refractivity contribution is -0.383. The van der Waals surface area contributed by atoms with Crippen LogP contribution in [-0.2, 0) is 9.59 Å². The van der Waals surface area contributed by atoms with Gasteiger partial charge in [0.25, 0.3) is 0 Å². The van der Waals surface area contributed by atoms with Crippen LogP contribution in [0.5, 0.6) is 0 Å². The van der Waals surface area contributed by atoms with Crippen molar-refractivity contribution in [2.75, 3.05) is 11.4 Å². The number of benzene rings is 1. The molecule has 1 aliphatic heterocycles. The summed E-state index contributed by atoms with van der Waals surface area (Å²) < 4.78 is 0. The molecule has 20 heavy (non-hydrogen) atoms. The van der Waals surface area contributed by atoms with Crippen LogP contribution in [0.3, 0.4) is 0 Å². The van der Waals surface area contributed by atoms with Crippen molar-refractivity contribution in [3.05, 3.63) is 33.3 Å². The van der Waals surface area contributed by atoms with Gasteiger partial charge in [-0.3, -0.25) is 19.7 Å². The van der Waals surface area contributed by atoms with Crippen molar-refractivity contribution in [1.82, 2.24) is 0 Å². The monoisotopic (exact) mass is 314 g/mol. The van der Waals surface area contributed by atoms with Crippen LogP contribution in [0.15, 0.2) is 18.2 Å². The van der Waals surface area contributed by atoms with Crippen LogP contribution >= 0.6 is 23.4 Å². The highest BCUT2D eigenvalue weighted by Gasteiger charge is 2.35. The number of nitro benzene ring substituents is 1. The summed E-state index contributed by atoms with van der Waals surface area (Å²) in [6.45, 7) is 1.70. The first-order valence-electron chi connectivity index (χ1n) is 5.80. The second-order valence-corrected chi connectivity index (χ2v) is 6.19. The normalized spacial score (nSPS) is 18.4. The first-order chi connectivity index (χ1) is 9.40. The molecular formula is C12H11ClN2O4S. The number of nitro groups is 1. The van der Waals surface area contributed by atoms with Gasteiger partial charge in [0.15, 0.2) is 5.12 Å². The third-order valence-corrected chi connectivity index (χ3v) is 4.15. The van der Waals surface area contributed by atoms with Crippen LogP contribution in [0.25, 0.3) is 0 Å². The number of para-hydroxylation sites is 1. The maximum absolute atomic E-state index is 12.0. The molecule has 106 valence electrons. The molecule has 1 amide bonds. The Morgan fingerprint density at radius 2 is 2.25 bits per heavy atom. The minimum absolute atomic E-state index is 0.0111. The Morgan fingerprint density at radius 1 is 1.55 bits per heavy atom. The Labute approximate surface area is 124 Å². The Balaban J connectivity index is 2.33. The van der Waals surface area contributed by atoms with Gasteiger partial charge >= 0.3 is 5.69 Å². The van der Waals surface area contributed by atoms with Gasteiger partial charge in [-0.2, -0.15) is 0 Å². The first kappa shape index (κ1) is 14.8. The molecule has 8 heteroatoms. The number of halogens is 1. The summed E-state index contributed by atoms with van der Waals surface area (Å²) in [4.78, 5) is 34.9. The van der Waals surface area contributed by atoms with Crippen molar-refractivity contribution in [3.8, 4) is 0 Å². The van der Waals surface area contributed by atoms with Gasteiger partial charge in [0.05, 0.1) is 4.92 Å². The molecule has 0 N–H and O–H groups in total. The quantitative estimate of drug-likeness (QED) is 0.633. The highest BCUT2D eigenvalue weighted by Crippen LogP contribution is 2.38. The summed E-state index contributed by atoms with van der Waals surface area (Å²) in [5.74, 6) is -0.242. The number of thioether (sulfide) groups is 1. The van der Waals surface area contributed by atoms with Crippen molar-refractivity contribution in [2.24, 2.45) is 0 Å². The van der Waals surface area contributed by atoms with Crippen molar-refractivity contribution in [3.63, 3.8) is 0 Å². The van der Waals surface area contributed by atoms with Crippen molar-refractivity contribution in [1.29, 1.82) is 0 Å². The Kier molecular flexibility index (Phi) is 4.29. The highest BCUT2D eigenvalue weighted by molar-refractivity contribution is 8.14. The summed E-state index contributed by atoms with van der Waals surface area (Å²) in [5, 5.41) is 10.8. The predicted octanol–water partition coefficient (Wildman–Crippen LogP) is 2.63.